The topological polar surface area (TPSA) is 64.4 Å². The number of hydrogen-bond acceptors (Lipinski definition) is 4. The molecule has 2 aromatic rings. The standard InChI is InChI=1S/C20H20ClN3O3/c21-13-7-3-8-14-16(13)19(25)23-10-4-9-15(23)18-17(22-11-24(14)18)20(26)27-12-5-1-2-6-12/h3,7-8,11-12,15H,1-2,4-6,9-10H2/t15-/m0/s1. The summed E-state index contributed by atoms with van der Waals surface area (Å²) in [5, 5.41) is 0.416. The van der Waals surface area contributed by atoms with Crippen molar-refractivity contribution in [1.82, 2.24) is 14.5 Å². The Labute approximate surface area is 162 Å². The lowest BCUT2D eigenvalue weighted by molar-refractivity contribution is 0.0306. The van der Waals surface area contributed by atoms with Crippen LogP contribution in [0.3, 0.4) is 0 Å². The van der Waals surface area contributed by atoms with Crippen LogP contribution in [0.5, 0.6) is 0 Å². The molecule has 6 nitrogen and oxygen atoms in total. The molecule has 0 spiro atoms. The van der Waals surface area contributed by atoms with Crippen molar-refractivity contribution in [3.8, 4) is 5.69 Å². The number of ether oxygens (including phenoxy) is 1. The number of nitrogens with zero attached hydrogens (tertiary/aromatic N) is 3. The third-order valence-corrected chi connectivity index (χ3v) is 6.18. The van der Waals surface area contributed by atoms with Crippen molar-refractivity contribution in [2.75, 3.05) is 6.54 Å². The van der Waals surface area contributed by atoms with Crippen LogP contribution < -0.4 is 0 Å². The molecule has 7 heteroatoms. The molecule has 2 fully saturated rings. The lowest BCUT2D eigenvalue weighted by atomic mass is 10.1. The summed E-state index contributed by atoms with van der Waals surface area (Å²) < 4.78 is 7.55. The minimum Gasteiger partial charge on any atom is -0.458 e. The molecule has 3 aliphatic rings. The number of amides is 1. The summed E-state index contributed by atoms with van der Waals surface area (Å²) in [6.07, 6.45) is 7.29. The molecule has 140 valence electrons. The van der Waals surface area contributed by atoms with Crippen molar-refractivity contribution in [3.63, 3.8) is 0 Å². The van der Waals surface area contributed by atoms with Crippen LogP contribution in [0.1, 0.15) is 71.1 Å². The Morgan fingerprint density at radius 2 is 2.00 bits per heavy atom. The quantitative estimate of drug-likeness (QED) is 0.735. The SMILES string of the molecule is O=C(OC1CCCC1)c1ncn2c1[C@@H]1CCCN1C(=O)c1c(Cl)cccc1-2. The van der Waals surface area contributed by atoms with Gasteiger partial charge in [-0.25, -0.2) is 9.78 Å². The van der Waals surface area contributed by atoms with Gasteiger partial charge in [-0.05, 0) is 50.7 Å². The fourth-order valence-electron chi connectivity index (χ4n) is 4.60. The zero-order valence-corrected chi connectivity index (χ0v) is 15.6. The lowest BCUT2D eigenvalue weighted by Gasteiger charge is -2.23. The third-order valence-electron chi connectivity index (χ3n) is 5.87. The molecule has 1 aromatic carbocycles. The molecule has 1 amide bonds. The van der Waals surface area contributed by atoms with E-state index in [0.717, 1.165) is 44.2 Å². The number of rotatable bonds is 2. The summed E-state index contributed by atoms with van der Waals surface area (Å²) in [6, 6.07) is 5.19. The Hall–Kier alpha value is -2.34. The van der Waals surface area contributed by atoms with Crippen molar-refractivity contribution in [2.45, 2.75) is 50.7 Å². The molecule has 1 saturated carbocycles. The van der Waals surface area contributed by atoms with Crippen LogP contribution in [0.2, 0.25) is 5.02 Å². The van der Waals surface area contributed by atoms with Crippen LogP contribution in [0, 0.1) is 0 Å². The van der Waals surface area contributed by atoms with Gasteiger partial charge >= 0.3 is 5.97 Å². The number of carbonyl (C=O) groups is 2. The van der Waals surface area contributed by atoms with Crippen LogP contribution in [-0.2, 0) is 4.74 Å². The molecule has 0 unspecified atom stereocenters. The second kappa shape index (κ2) is 6.37. The highest BCUT2D eigenvalue weighted by atomic mass is 35.5. The van der Waals surface area contributed by atoms with Gasteiger partial charge in [0, 0.05) is 6.54 Å². The van der Waals surface area contributed by atoms with Gasteiger partial charge in [-0.3, -0.25) is 9.36 Å². The van der Waals surface area contributed by atoms with E-state index >= 15 is 0 Å². The number of hydrogen-bond donors (Lipinski definition) is 0. The Morgan fingerprint density at radius 1 is 1.19 bits per heavy atom. The predicted octanol–water partition coefficient (Wildman–Crippen LogP) is 3.92. The number of aromatic nitrogens is 2. The average molecular weight is 386 g/mol. The molecule has 3 heterocycles. The van der Waals surface area contributed by atoms with Crippen LogP contribution >= 0.6 is 11.6 Å². The lowest BCUT2D eigenvalue weighted by Crippen LogP contribution is -2.30. The molecule has 0 bridgehead atoms. The largest absolute Gasteiger partial charge is 0.458 e. The molecule has 1 atom stereocenters. The molecule has 0 radical (unpaired) electrons. The zero-order chi connectivity index (χ0) is 18.5. The van der Waals surface area contributed by atoms with Gasteiger partial charge in [0.25, 0.3) is 5.91 Å². The second-order valence-corrected chi connectivity index (χ2v) is 7.86. The van der Waals surface area contributed by atoms with Crippen molar-refractivity contribution < 1.29 is 14.3 Å². The Kier molecular flexibility index (Phi) is 3.97. The van der Waals surface area contributed by atoms with Gasteiger partial charge in [0.15, 0.2) is 5.69 Å². The van der Waals surface area contributed by atoms with Gasteiger partial charge in [-0.1, -0.05) is 17.7 Å². The Balaban J connectivity index is 1.64. The van der Waals surface area contributed by atoms with E-state index in [9.17, 15) is 9.59 Å². The van der Waals surface area contributed by atoms with E-state index in [2.05, 4.69) is 4.98 Å². The fraction of sp³-hybridized carbons (Fsp3) is 0.450. The van der Waals surface area contributed by atoms with Gasteiger partial charge in [0.05, 0.1) is 28.0 Å². The van der Waals surface area contributed by atoms with Crippen molar-refractivity contribution in [1.29, 1.82) is 0 Å². The monoisotopic (exact) mass is 385 g/mol. The molecule has 1 aliphatic carbocycles. The summed E-state index contributed by atoms with van der Waals surface area (Å²) in [5.41, 5.74) is 2.20. The first-order valence-corrected chi connectivity index (χ1v) is 9.91. The number of halogens is 1. The molecule has 1 saturated heterocycles. The van der Waals surface area contributed by atoms with Gasteiger partial charge in [-0.2, -0.15) is 0 Å². The average Bonchev–Trinajstić information content (AvgIpc) is 3.39. The van der Waals surface area contributed by atoms with E-state index in [1.165, 1.54) is 0 Å². The first-order valence-electron chi connectivity index (χ1n) is 9.53. The number of imidazole rings is 1. The smallest absolute Gasteiger partial charge is 0.359 e. The Morgan fingerprint density at radius 3 is 2.81 bits per heavy atom. The van der Waals surface area contributed by atoms with E-state index in [4.69, 9.17) is 16.3 Å². The van der Waals surface area contributed by atoms with Gasteiger partial charge in [0.2, 0.25) is 0 Å². The molecular formula is C20H20ClN3O3. The number of esters is 1. The highest BCUT2D eigenvalue weighted by Crippen LogP contribution is 2.41. The molecule has 27 heavy (non-hydrogen) atoms. The van der Waals surface area contributed by atoms with E-state index in [0.29, 0.717) is 28.5 Å². The highest BCUT2D eigenvalue weighted by Gasteiger charge is 2.41. The van der Waals surface area contributed by atoms with E-state index in [1.807, 2.05) is 21.6 Å². The zero-order valence-electron chi connectivity index (χ0n) is 14.9. The van der Waals surface area contributed by atoms with E-state index in [-0.39, 0.29) is 24.0 Å². The highest BCUT2D eigenvalue weighted by molar-refractivity contribution is 6.34. The number of benzene rings is 1. The summed E-state index contributed by atoms with van der Waals surface area (Å²) >= 11 is 6.38. The van der Waals surface area contributed by atoms with Gasteiger partial charge in [-0.15, -0.1) is 0 Å². The van der Waals surface area contributed by atoms with Crippen molar-refractivity contribution >= 4 is 23.5 Å². The third kappa shape index (κ3) is 2.57. The predicted molar refractivity (Wildman–Crippen MR) is 99.3 cm³/mol. The van der Waals surface area contributed by atoms with Crippen LogP contribution in [-0.4, -0.2) is 39.0 Å². The first kappa shape index (κ1) is 16.8. The molecule has 2 aliphatic heterocycles. The summed E-state index contributed by atoms with van der Waals surface area (Å²) in [4.78, 5) is 32.2. The molecule has 1 aromatic heterocycles. The van der Waals surface area contributed by atoms with Crippen LogP contribution in [0.15, 0.2) is 24.5 Å². The van der Waals surface area contributed by atoms with Gasteiger partial charge < -0.3 is 9.64 Å². The summed E-state index contributed by atoms with van der Waals surface area (Å²) in [5.74, 6) is -0.475. The summed E-state index contributed by atoms with van der Waals surface area (Å²) in [7, 11) is 0. The maximum atomic E-state index is 13.2. The van der Waals surface area contributed by atoms with Crippen LogP contribution in [0.4, 0.5) is 0 Å². The van der Waals surface area contributed by atoms with Gasteiger partial charge in [0.1, 0.15) is 12.4 Å². The minimum atomic E-state index is -0.388. The Bertz CT molecular complexity index is 933. The second-order valence-electron chi connectivity index (χ2n) is 7.45. The van der Waals surface area contributed by atoms with Crippen LogP contribution in [0.25, 0.3) is 5.69 Å². The van der Waals surface area contributed by atoms with Crippen molar-refractivity contribution in [3.05, 3.63) is 46.5 Å². The van der Waals surface area contributed by atoms with E-state index in [1.54, 1.807) is 12.4 Å². The number of carbonyl (C=O) groups excluding carboxylic acids is 2. The fourth-order valence-corrected chi connectivity index (χ4v) is 4.85. The molecule has 0 N–H and O–H groups in total. The van der Waals surface area contributed by atoms with Crippen molar-refractivity contribution in [2.24, 2.45) is 0 Å². The first-order chi connectivity index (χ1) is 13.1. The minimum absolute atomic E-state index is 0.0244. The maximum absolute atomic E-state index is 13.2. The maximum Gasteiger partial charge on any atom is 0.359 e. The summed E-state index contributed by atoms with van der Waals surface area (Å²) in [6.45, 7) is 0.649. The normalized spacial score (nSPS) is 21.6. The molecular weight excluding hydrogens is 366 g/mol. The number of fused-ring (bicyclic) bond motifs is 5. The van der Waals surface area contributed by atoms with E-state index < -0.39 is 0 Å². The molecule has 5 rings (SSSR count).